The third-order valence-corrected chi connectivity index (χ3v) is 4.54. The second-order valence-corrected chi connectivity index (χ2v) is 5.93. The van der Waals surface area contributed by atoms with Crippen LogP contribution < -0.4 is 0 Å². The number of phenolic OH excluding ortho intramolecular Hbond substituents is 1. The summed E-state index contributed by atoms with van der Waals surface area (Å²) >= 11 is 0. The molecule has 2 aliphatic rings. The van der Waals surface area contributed by atoms with Crippen molar-refractivity contribution < 1.29 is 5.11 Å². The van der Waals surface area contributed by atoms with E-state index in [1.54, 1.807) is 0 Å². The molecular formula is C15H20O. The van der Waals surface area contributed by atoms with Crippen LogP contribution in [0.2, 0.25) is 0 Å². The molecule has 2 fully saturated rings. The molecule has 16 heavy (non-hydrogen) atoms. The van der Waals surface area contributed by atoms with Crippen LogP contribution in [0.15, 0.2) is 18.2 Å². The summed E-state index contributed by atoms with van der Waals surface area (Å²) in [5.41, 5.74) is 2.62. The van der Waals surface area contributed by atoms with Crippen molar-refractivity contribution in [1.29, 1.82) is 0 Å². The molecule has 3 rings (SSSR count). The fourth-order valence-corrected chi connectivity index (χ4v) is 2.72. The average molecular weight is 216 g/mol. The van der Waals surface area contributed by atoms with Crippen molar-refractivity contribution in [3.63, 3.8) is 0 Å². The van der Waals surface area contributed by atoms with Gasteiger partial charge in [0.15, 0.2) is 0 Å². The summed E-state index contributed by atoms with van der Waals surface area (Å²) in [5.74, 6) is 1.93. The van der Waals surface area contributed by atoms with Crippen molar-refractivity contribution in [2.24, 2.45) is 5.92 Å². The van der Waals surface area contributed by atoms with Gasteiger partial charge in [0.05, 0.1) is 0 Å². The van der Waals surface area contributed by atoms with Crippen LogP contribution in [0.3, 0.4) is 0 Å². The van der Waals surface area contributed by atoms with Crippen molar-refractivity contribution in [1.82, 2.24) is 0 Å². The lowest BCUT2D eigenvalue weighted by Crippen LogP contribution is -2.04. The Morgan fingerprint density at radius 3 is 2.56 bits per heavy atom. The first-order valence-corrected chi connectivity index (χ1v) is 6.44. The molecule has 86 valence electrons. The molecule has 0 heterocycles. The minimum Gasteiger partial charge on any atom is -0.507 e. The first kappa shape index (κ1) is 10.2. The topological polar surface area (TPSA) is 20.2 Å². The van der Waals surface area contributed by atoms with E-state index in [0.29, 0.717) is 11.7 Å². The van der Waals surface area contributed by atoms with Gasteiger partial charge in [0.2, 0.25) is 0 Å². The summed E-state index contributed by atoms with van der Waals surface area (Å²) in [4.78, 5) is 0. The van der Waals surface area contributed by atoms with E-state index in [1.807, 2.05) is 0 Å². The maximum Gasteiger partial charge on any atom is 0.122 e. The van der Waals surface area contributed by atoms with Gasteiger partial charge in [-0.2, -0.15) is 0 Å². The summed E-state index contributed by atoms with van der Waals surface area (Å²) in [6.45, 7) is 4.51. The minimum absolute atomic E-state index is 0.267. The lowest BCUT2D eigenvalue weighted by atomic mass is 9.89. The summed E-state index contributed by atoms with van der Waals surface area (Å²) in [7, 11) is 0. The average Bonchev–Trinajstić information content (AvgIpc) is 3.12. The summed E-state index contributed by atoms with van der Waals surface area (Å²) < 4.78 is 0. The molecule has 2 saturated carbocycles. The molecule has 1 atom stereocenters. The van der Waals surface area contributed by atoms with Gasteiger partial charge < -0.3 is 5.11 Å². The van der Waals surface area contributed by atoms with Gasteiger partial charge in [-0.05, 0) is 48.5 Å². The minimum atomic E-state index is 0.267. The first-order chi connectivity index (χ1) is 7.62. The van der Waals surface area contributed by atoms with Crippen LogP contribution in [0, 0.1) is 5.92 Å². The number of hydrogen-bond donors (Lipinski definition) is 1. The van der Waals surface area contributed by atoms with E-state index in [1.165, 1.54) is 36.8 Å². The van der Waals surface area contributed by atoms with Gasteiger partial charge in [0.1, 0.15) is 5.75 Å². The van der Waals surface area contributed by atoms with E-state index >= 15 is 0 Å². The van der Waals surface area contributed by atoms with Gasteiger partial charge in [-0.15, -0.1) is 0 Å². The largest absolute Gasteiger partial charge is 0.507 e. The van der Waals surface area contributed by atoms with E-state index in [9.17, 15) is 5.11 Å². The van der Waals surface area contributed by atoms with Crippen LogP contribution in [-0.2, 0) is 5.41 Å². The van der Waals surface area contributed by atoms with Gasteiger partial charge in [0.25, 0.3) is 0 Å². The Balaban J connectivity index is 1.99. The molecule has 0 radical (unpaired) electrons. The molecule has 1 nitrogen and oxygen atoms in total. The highest BCUT2D eigenvalue weighted by Gasteiger charge is 2.42. The smallest absolute Gasteiger partial charge is 0.122 e. The summed E-state index contributed by atoms with van der Waals surface area (Å²) in [6, 6.07) is 6.33. The zero-order chi connectivity index (χ0) is 11.3. The summed E-state index contributed by atoms with van der Waals surface area (Å²) in [6.07, 6.45) is 5.12. The number of hydrogen-bond acceptors (Lipinski definition) is 1. The van der Waals surface area contributed by atoms with E-state index in [0.717, 1.165) is 5.92 Å². The van der Waals surface area contributed by atoms with Crippen molar-refractivity contribution in [2.75, 3.05) is 0 Å². The molecule has 0 amide bonds. The number of benzene rings is 1. The number of aromatic hydroxyl groups is 1. The van der Waals surface area contributed by atoms with Gasteiger partial charge in [-0.1, -0.05) is 32.0 Å². The zero-order valence-electron chi connectivity index (χ0n) is 10.2. The fourth-order valence-electron chi connectivity index (χ4n) is 2.72. The zero-order valence-corrected chi connectivity index (χ0v) is 10.2. The SMILES string of the molecule is CC(c1cccc(C2(C)CC2)c1O)C1CC1. The quantitative estimate of drug-likeness (QED) is 0.811. The lowest BCUT2D eigenvalue weighted by Gasteiger charge is -2.18. The predicted molar refractivity (Wildman–Crippen MR) is 65.8 cm³/mol. The molecule has 0 aliphatic heterocycles. The standard InChI is InChI=1S/C15H20O/c1-10(11-6-7-11)12-4-3-5-13(14(12)16)15(2)8-9-15/h3-5,10-11,16H,6-9H2,1-2H3. The Morgan fingerprint density at radius 2 is 2.00 bits per heavy atom. The van der Waals surface area contributed by atoms with Crippen molar-refractivity contribution in [2.45, 2.75) is 50.9 Å². The number of rotatable bonds is 3. The third kappa shape index (κ3) is 1.53. The highest BCUT2D eigenvalue weighted by molar-refractivity contribution is 5.48. The van der Waals surface area contributed by atoms with E-state index in [2.05, 4.69) is 32.0 Å². The predicted octanol–water partition coefficient (Wildman–Crippen LogP) is 3.96. The molecule has 1 aromatic rings. The molecule has 0 spiro atoms. The van der Waals surface area contributed by atoms with Gasteiger partial charge >= 0.3 is 0 Å². The van der Waals surface area contributed by atoms with E-state index < -0.39 is 0 Å². The van der Waals surface area contributed by atoms with Crippen molar-refractivity contribution >= 4 is 0 Å². The Morgan fingerprint density at radius 1 is 1.31 bits per heavy atom. The van der Waals surface area contributed by atoms with Crippen LogP contribution in [0.5, 0.6) is 5.75 Å². The highest BCUT2D eigenvalue weighted by atomic mass is 16.3. The second-order valence-electron chi connectivity index (χ2n) is 5.93. The maximum atomic E-state index is 10.4. The monoisotopic (exact) mass is 216 g/mol. The molecule has 1 aromatic carbocycles. The molecule has 0 saturated heterocycles. The Bertz CT molecular complexity index is 413. The van der Waals surface area contributed by atoms with Crippen molar-refractivity contribution in [3.05, 3.63) is 29.3 Å². The Hall–Kier alpha value is -0.980. The lowest BCUT2D eigenvalue weighted by molar-refractivity contribution is 0.445. The maximum absolute atomic E-state index is 10.4. The molecule has 1 N–H and O–H groups in total. The first-order valence-electron chi connectivity index (χ1n) is 6.44. The number of para-hydroxylation sites is 1. The molecule has 0 aromatic heterocycles. The van der Waals surface area contributed by atoms with Crippen LogP contribution in [-0.4, -0.2) is 5.11 Å². The third-order valence-electron chi connectivity index (χ3n) is 4.54. The van der Waals surface area contributed by atoms with Crippen LogP contribution in [0.25, 0.3) is 0 Å². The van der Waals surface area contributed by atoms with Crippen LogP contribution in [0.1, 0.15) is 56.6 Å². The molecule has 1 unspecified atom stereocenters. The fraction of sp³-hybridized carbons (Fsp3) is 0.600. The van der Waals surface area contributed by atoms with Gasteiger partial charge in [-0.3, -0.25) is 0 Å². The second kappa shape index (κ2) is 3.26. The Kier molecular flexibility index (Phi) is 2.07. The summed E-state index contributed by atoms with van der Waals surface area (Å²) in [5, 5.41) is 10.4. The van der Waals surface area contributed by atoms with Gasteiger partial charge in [-0.25, -0.2) is 0 Å². The van der Waals surface area contributed by atoms with Gasteiger partial charge in [0, 0.05) is 5.56 Å². The molecule has 0 bridgehead atoms. The van der Waals surface area contributed by atoms with E-state index in [4.69, 9.17) is 0 Å². The Labute approximate surface area is 97.5 Å². The molecule has 2 aliphatic carbocycles. The van der Waals surface area contributed by atoms with Crippen LogP contribution >= 0.6 is 0 Å². The molecular weight excluding hydrogens is 196 g/mol. The highest BCUT2D eigenvalue weighted by Crippen LogP contribution is 2.53. The van der Waals surface area contributed by atoms with E-state index in [-0.39, 0.29) is 5.41 Å². The number of phenols is 1. The van der Waals surface area contributed by atoms with Crippen LogP contribution in [0.4, 0.5) is 0 Å². The molecule has 1 heteroatoms. The normalized spacial score (nSPS) is 24.1. The van der Waals surface area contributed by atoms with Crippen molar-refractivity contribution in [3.8, 4) is 5.75 Å².